The maximum absolute atomic E-state index is 12.7. The van der Waals surface area contributed by atoms with Crippen LogP contribution >= 0.6 is 0 Å². The molecule has 2 amide bonds. The molecule has 0 atom stereocenters. The van der Waals surface area contributed by atoms with Gasteiger partial charge in [-0.05, 0) is 43.2 Å². The number of carbonyl (C=O) groups excluding carboxylic acids is 4. The van der Waals surface area contributed by atoms with Crippen LogP contribution in [0.1, 0.15) is 44.1 Å². The Morgan fingerprint density at radius 1 is 1.00 bits per heavy atom. The van der Waals surface area contributed by atoms with E-state index < -0.39 is 11.9 Å². The van der Waals surface area contributed by atoms with Gasteiger partial charge in [0.25, 0.3) is 5.91 Å². The summed E-state index contributed by atoms with van der Waals surface area (Å²) in [5.74, 6) is -1.77. The number of rotatable bonds is 5. The van der Waals surface area contributed by atoms with Crippen molar-refractivity contribution in [2.75, 3.05) is 32.6 Å². The van der Waals surface area contributed by atoms with Crippen molar-refractivity contribution in [1.82, 2.24) is 4.90 Å². The Kier molecular flexibility index (Phi) is 6.51. The highest BCUT2D eigenvalue weighted by Gasteiger charge is 2.29. The first-order chi connectivity index (χ1) is 14.4. The largest absolute Gasteiger partial charge is 0.465 e. The molecule has 1 saturated heterocycles. The molecule has 0 aliphatic carbocycles. The normalized spacial score (nSPS) is 14.1. The molecule has 1 fully saturated rings. The van der Waals surface area contributed by atoms with E-state index in [1.807, 2.05) is 0 Å². The first kappa shape index (κ1) is 21.1. The number of nitrogens with zero attached hydrogens (tertiary/aromatic N) is 1. The molecule has 2 heterocycles. The smallest absolute Gasteiger partial charge is 0.337 e. The highest BCUT2D eigenvalue weighted by Crippen LogP contribution is 2.23. The SMILES string of the molecule is COC(=O)c1cc(NC(=O)C2CCN(C(=O)c3ccco3)CC2)cc(C(=O)OC)c1. The molecule has 0 bridgehead atoms. The van der Waals surface area contributed by atoms with E-state index in [9.17, 15) is 19.2 Å². The minimum absolute atomic E-state index is 0.120. The highest BCUT2D eigenvalue weighted by atomic mass is 16.5. The highest BCUT2D eigenvalue weighted by molar-refractivity contribution is 6.00. The number of benzene rings is 1. The van der Waals surface area contributed by atoms with E-state index in [0.717, 1.165) is 0 Å². The van der Waals surface area contributed by atoms with Gasteiger partial charge in [0, 0.05) is 24.7 Å². The molecular weight excluding hydrogens is 392 g/mol. The summed E-state index contributed by atoms with van der Waals surface area (Å²) in [6.45, 7) is 0.848. The van der Waals surface area contributed by atoms with Crippen molar-refractivity contribution in [2.24, 2.45) is 5.92 Å². The number of nitrogens with one attached hydrogen (secondary N) is 1. The third-order valence-electron chi connectivity index (χ3n) is 4.93. The molecule has 1 aromatic heterocycles. The number of amides is 2. The quantitative estimate of drug-likeness (QED) is 0.747. The lowest BCUT2D eigenvalue weighted by molar-refractivity contribution is -0.121. The van der Waals surface area contributed by atoms with E-state index in [0.29, 0.717) is 25.9 Å². The van der Waals surface area contributed by atoms with Crippen molar-refractivity contribution in [3.63, 3.8) is 0 Å². The number of piperidine rings is 1. The summed E-state index contributed by atoms with van der Waals surface area (Å²) in [6.07, 6.45) is 2.41. The van der Waals surface area contributed by atoms with Gasteiger partial charge in [0.2, 0.25) is 5.91 Å². The predicted octanol–water partition coefficient (Wildman–Crippen LogP) is 2.34. The zero-order valence-electron chi connectivity index (χ0n) is 16.7. The number of furan rings is 1. The average Bonchev–Trinajstić information content (AvgIpc) is 3.32. The van der Waals surface area contributed by atoms with Crippen LogP contribution in [0.4, 0.5) is 5.69 Å². The lowest BCUT2D eigenvalue weighted by Crippen LogP contribution is -2.41. The van der Waals surface area contributed by atoms with Gasteiger partial charge in [0.1, 0.15) is 0 Å². The van der Waals surface area contributed by atoms with E-state index in [-0.39, 0.29) is 40.3 Å². The number of carbonyl (C=O) groups is 4. The minimum atomic E-state index is -0.638. The Morgan fingerprint density at radius 2 is 1.60 bits per heavy atom. The number of likely N-dealkylation sites (tertiary alicyclic amines) is 1. The predicted molar refractivity (Wildman–Crippen MR) is 105 cm³/mol. The fraction of sp³-hybridized carbons (Fsp3) is 0.333. The number of hydrogen-bond acceptors (Lipinski definition) is 7. The van der Waals surface area contributed by atoms with Crippen molar-refractivity contribution in [3.05, 3.63) is 53.5 Å². The summed E-state index contributed by atoms with van der Waals surface area (Å²) in [6, 6.07) is 7.47. The Morgan fingerprint density at radius 3 is 2.10 bits per heavy atom. The van der Waals surface area contributed by atoms with Gasteiger partial charge in [-0.15, -0.1) is 0 Å². The lowest BCUT2D eigenvalue weighted by Gasteiger charge is -2.30. The standard InChI is InChI=1S/C21H22N2O7/c1-28-20(26)14-10-15(21(27)29-2)12-16(11-14)22-18(24)13-5-7-23(8-6-13)19(25)17-4-3-9-30-17/h3-4,9-13H,5-8H2,1-2H3,(H,22,24). The molecule has 2 aromatic rings. The molecule has 158 valence electrons. The van der Waals surface area contributed by atoms with Crippen molar-refractivity contribution in [3.8, 4) is 0 Å². The first-order valence-electron chi connectivity index (χ1n) is 9.38. The zero-order valence-corrected chi connectivity index (χ0v) is 16.7. The summed E-state index contributed by atoms with van der Waals surface area (Å²) in [4.78, 5) is 50.5. The zero-order chi connectivity index (χ0) is 21.7. The molecule has 0 unspecified atom stereocenters. The minimum Gasteiger partial charge on any atom is -0.465 e. The monoisotopic (exact) mass is 414 g/mol. The van der Waals surface area contributed by atoms with Crippen molar-refractivity contribution in [1.29, 1.82) is 0 Å². The van der Waals surface area contributed by atoms with Gasteiger partial charge in [-0.3, -0.25) is 9.59 Å². The van der Waals surface area contributed by atoms with Crippen LogP contribution in [0.25, 0.3) is 0 Å². The van der Waals surface area contributed by atoms with Crippen LogP contribution in [0.3, 0.4) is 0 Å². The molecule has 9 nitrogen and oxygen atoms in total. The summed E-state index contributed by atoms with van der Waals surface area (Å²) in [5, 5.41) is 2.75. The number of anilines is 1. The van der Waals surface area contributed by atoms with Gasteiger partial charge < -0.3 is 24.1 Å². The average molecular weight is 414 g/mol. The van der Waals surface area contributed by atoms with Crippen LogP contribution in [-0.4, -0.2) is 56.0 Å². The second kappa shape index (κ2) is 9.25. The van der Waals surface area contributed by atoms with Gasteiger partial charge in [-0.2, -0.15) is 0 Å². The maximum Gasteiger partial charge on any atom is 0.337 e. The van der Waals surface area contributed by atoms with Crippen molar-refractivity contribution < 1.29 is 33.1 Å². The van der Waals surface area contributed by atoms with Crippen LogP contribution < -0.4 is 5.32 Å². The Bertz CT molecular complexity index is 910. The van der Waals surface area contributed by atoms with Crippen LogP contribution in [-0.2, 0) is 14.3 Å². The van der Waals surface area contributed by atoms with Crippen LogP contribution in [0.5, 0.6) is 0 Å². The van der Waals surface area contributed by atoms with E-state index in [1.54, 1.807) is 17.0 Å². The van der Waals surface area contributed by atoms with Gasteiger partial charge in [-0.25, -0.2) is 9.59 Å². The van der Waals surface area contributed by atoms with E-state index in [1.165, 1.54) is 38.7 Å². The third-order valence-corrected chi connectivity index (χ3v) is 4.93. The second-order valence-corrected chi connectivity index (χ2v) is 6.82. The van der Waals surface area contributed by atoms with Gasteiger partial charge in [0.15, 0.2) is 5.76 Å². The molecule has 1 aliphatic rings. The Balaban J connectivity index is 1.66. The third kappa shape index (κ3) is 4.68. The Hall–Kier alpha value is -3.62. The summed E-state index contributed by atoms with van der Waals surface area (Å²) < 4.78 is 14.5. The number of ether oxygens (including phenoxy) is 2. The number of hydrogen-bond donors (Lipinski definition) is 1. The number of esters is 2. The van der Waals surface area contributed by atoms with Crippen LogP contribution in [0.15, 0.2) is 41.0 Å². The summed E-state index contributed by atoms with van der Waals surface area (Å²) in [5.41, 5.74) is 0.529. The van der Waals surface area contributed by atoms with E-state index in [2.05, 4.69) is 5.32 Å². The summed E-state index contributed by atoms with van der Waals surface area (Å²) in [7, 11) is 2.45. The van der Waals surface area contributed by atoms with E-state index >= 15 is 0 Å². The van der Waals surface area contributed by atoms with Gasteiger partial charge >= 0.3 is 11.9 Å². The molecule has 30 heavy (non-hydrogen) atoms. The molecule has 1 N–H and O–H groups in total. The molecule has 9 heteroatoms. The van der Waals surface area contributed by atoms with Gasteiger partial charge in [0.05, 0.1) is 31.6 Å². The molecular formula is C21H22N2O7. The lowest BCUT2D eigenvalue weighted by atomic mass is 9.95. The molecule has 0 spiro atoms. The number of methoxy groups -OCH3 is 2. The van der Waals surface area contributed by atoms with Crippen molar-refractivity contribution >= 4 is 29.4 Å². The molecule has 0 radical (unpaired) electrons. The fourth-order valence-electron chi connectivity index (χ4n) is 3.32. The Labute approximate surface area is 172 Å². The molecule has 1 aliphatic heterocycles. The topological polar surface area (TPSA) is 115 Å². The second-order valence-electron chi connectivity index (χ2n) is 6.82. The van der Waals surface area contributed by atoms with Crippen LogP contribution in [0.2, 0.25) is 0 Å². The molecule has 3 rings (SSSR count). The summed E-state index contributed by atoms with van der Waals surface area (Å²) >= 11 is 0. The first-order valence-corrected chi connectivity index (χ1v) is 9.38. The van der Waals surface area contributed by atoms with E-state index in [4.69, 9.17) is 13.9 Å². The van der Waals surface area contributed by atoms with Crippen molar-refractivity contribution in [2.45, 2.75) is 12.8 Å². The molecule has 1 aromatic carbocycles. The molecule has 0 saturated carbocycles. The van der Waals surface area contributed by atoms with Gasteiger partial charge in [-0.1, -0.05) is 0 Å². The maximum atomic E-state index is 12.7. The fourth-order valence-corrected chi connectivity index (χ4v) is 3.32. The van der Waals surface area contributed by atoms with Crippen LogP contribution in [0, 0.1) is 5.92 Å².